The first kappa shape index (κ1) is 14.7. The van der Waals surface area contributed by atoms with Crippen molar-refractivity contribution < 1.29 is 27.1 Å². The molecule has 0 amide bonds. The number of carboxylic acid groups (broad SMARTS) is 1. The summed E-state index contributed by atoms with van der Waals surface area (Å²) in [5, 5.41) is 9.07. The smallest absolute Gasteiger partial charge is 0.417 e. The van der Waals surface area contributed by atoms with Gasteiger partial charge in [-0.15, -0.1) is 0 Å². The maximum absolute atomic E-state index is 14.1. The van der Waals surface area contributed by atoms with Crippen LogP contribution in [0.2, 0.25) is 0 Å². The molecule has 3 rings (SSSR count). The van der Waals surface area contributed by atoms with Crippen LogP contribution in [-0.2, 0) is 14.8 Å². The van der Waals surface area contributed by atoms with Gasteiger partial charge >= 0.3 is 11.7 Å². The molecule has 2 heterocycles. The lowest BCUT2D eigenvalue weighted by atomic mass is 10.2. The van der Waals surface area contributed by atoms with E-state index in [0.29, 0.717) is 6.42 Å². The highest BCUT2D eigenvalue weighted by Crippen LogP contribution is 2.29. The van der Waals surface area contributed by atoms with E-state index in [-0.39, 0.29) is 24.1 Å². The number of benzene rings is 1. The van der Waals surface area contributed by atoms with E-state index in [4.69, 9.17) is 9.52 Å². The fourth-order valence-corrected chi connectivity index (χ4v) is 4.26. The second-order valence-electron chi connectivity index (χ2n) is 4.91. The van der Waals surface area contributed by atoms with Crippen LogP contribution in [0.4, 0.5) is 4.39 Å². The van der Waals surface area contributed by atoms with E-state index in [1.165, 1.54) is 0 Å². The number of aromatic amines is 1. The molecular formula is C12H11FN2O6S. The van der Waals surface area contributed by atoms with Crippen molar-refractivity contribution in [1.82, 2.24) is 9.29 Å². The van der Waals surface area contributed by atoms with Crippen LogP contribution in [0.25, 0.3) is 11.1 Å². The van der Waals surface area contributed by atoms with E-state index in [1.54, 1.807) is 0 Å². The summed E-state index contributed by atoms with van der Waals surface area (Å²) < 4.78 is 44.6. The van der Waals surface area contributed by atoms with Crippen LogP contribution >= 0.6 is 0 Å². The van der Waals surface area contributed by atoms with Crippen molar-refractivity contribution in [3.63, 3.8) is 0 Å². The summed E-state index contributed by atoms with van der Waals surface area (Å²) in [5.74, 6) is -3.20. The Morgan fingerprint density at radius 3 is 2.86 bits per heavy atom. The molecule has 0 bridgehead atoms. The van der Waals surface area contributed by atoms with Gasteiger partial charge in [0.1, 0.15) is 16.8 Å². The summed E-state index contributed by atoms with van der Waals surface area (Å²) >= 11 is 0. The summed E-state index contributed by atoms with van der Waals surface area (Å²) in [7, 11) is -4.34. The van der Waals surface area contributed by atoms with Gasteiger partial charge in [-0.25, -0.2) is 17.6 Å². The van der Waals surface area contributed by atoms with E-state index >= 15 is 0 Å². The molecule has 8 nitrogen and oxygen atoms in total. The Balaban J connectivity index is 2.14. The lowest BCUT2D eigenvalue weighted by Crippen LogP contribution is -2.40. The zero-order valence-electron chi connectivity index (χ0n) is 11.1. The Kier molecular flexibility index (Phi) is 3.29. The molecule has 1 aliphatic rings. The standard InChI is InChI=1S/C12H11FN2O6S/c13-6-4-7-9(21-12(18)14-7)5-10(6)22(19,20)15-3-1-2-8(15)11(16)17/h4-5,8H,1-3H2,(H,14,18)(H,16,17)/t8-/m1/s1. The topological polar surface area (TPSA) is 121 Å². The normalized spacial score (nSPS) is 19.8. The van der Waals surface area contributed by atoms with Crippen molar-refractivity contribution in [3.8, 4) is 0 Å². The minimum Gasteiger partial charge on any atom is -0.480 e. The van der Waals surface area contributed by atoms with Crippen molar-refractivity contribution >= 4 is 27.1 Å². The molecule has 0 spiro atoms. The maximum atomic E-state index is 14.1. The lowest BCUT2D eigenvalue weighted by molar-refractivity contribution is -0.140. The number of carbonyl (C=O) groups is 1. The number of H-pyrrole nitrogens is 1. The van der Waals surface area contributed by atoms with Crippen molar-refractivity contribution in [2.45, 2.75) is 23.8 Å². The highest BCUT2D eigenvalue weighted by atomic mass is 32.2. The lowest BCUT2D eigenvalue weighted by Gasteiger charge is -2.21. The molecule has 2 aromatic rings. The first-order valence-corrected chi connectivity index (χ1v) is 7.82. The van der Waals surface area contributed by atoms with Gasteiger partial charge in [-0.3, -0.25) is 9.78 Å². The second kappa shape index (κ2) is 4.92. The molecule has 1 aliphatic heterocycles. The molecule has 1 atom stereocenters. The minimum absolute atomic E-state index is 0.00609. The number of sulfonamides is 1. The van der Waals surface area contributed by atoms with Gasteiger partial charge in [0.2, 0.25) is 10.0 Å². The molecule has 0 saturated carbocycles. The van der Waals surface area contributed by atoms with Gasteiger partial charge in [-0.2, -0.15) is 4.31 Å². The third-order valence-electron chi connectivity index (χ3n) is 3.55. The summed E-state index contributed by atoms with van der Waals surface area (Å²) in [6, 6.07) is 0.493. The van der Waals surface area contributed by atoms with Gasteiger partial charge in [-0.1, -0.05) is 0 Å². The number of oxazole rings is 1. The number of hydrogen-bond acceptors (Lipinski definition) is 5. The summed E-state index contributed by atoms with van der Waals surface area (Å²) in [5.41, 5.74) is -0.0892. The fourth-order valence-electron chi connectivity index (χ4n) is 2.55. The molecule has 0 aliphatic carbocycles. The van der Waals surface area contributed by atoms with Crippen LogP contribution in [-0.4, -0.2) is 41.4 Å². The molecule has 0 radical (unpaired) electrons. The first-order chi connectivity index (χ1) is 10.3. The number of hydrogen-bond donors (Lipinski definition) is 2. The first-order valence-electron chi connectivity index (χ1n) is 6.38. The van der Waals surface area contributed by atoms with Crippen molar-refractivity contribution in [1.29, 1.82) is 0 Å². The third kappa shape index (κ3) is 2.20. The minimum atomic E-state index is -4.34. The zero-order chi connectivity index (χ0) is 16.1. The van der Waals surface area contributed by atoms with Crippen LogP contribution < -0.4 is 5.76 Å². The zero-order valence-corrected chi connectivity index (χ0v) is 11.9. The molecule has 1 aromatic carbocycles. The average Bonchev–Trinajstić information content (AvgIpc) is 3.02. The summed E-state index contributed by atoms with van der Waals surface area (Å²) in [6.07, 6.45) is 0.539. The van der Waals surface area contributed by atoms with E-state index < -0.39 is 38.5 Å². The molecule has 1 saturated heterocycles. The van der Waals surface area contributed by atoms with Crippen LogP contribution in [0.5, 0.6) is 0 Å². The van der Waals surface area contributed by atoms with Crippen molar-refractivity contribution in [3.05, 3.63) is 28.5 Å². The Bertz CT molecular complexity index is 915. The van der Waals surface area contributed by atoms with E-state index in [2.05, 4.69) is 4.98 Å². The van der Waals surface area contributed by atoms with Gasteiger partial charge in [0.05, 0.1) is 5.52 Å². The van der Waals surface area contributed by atoms with Gasteiger partial charge in [0.25, 0.3) is 0 Å². The number of nitrogens with one attached hydrogen (secondary N) is 1. The molecule has 118 valence electrons. The van der Waals surface area contributed by atoms with Crippen LogP contribution in [0.3, 0.4) is 0 Å². The van der Waals surface area contributed by atoms with Gasteiger partial charge in [0.15, 0.2) is 5.58 Å². The van der Waals surface area contributed by atoms with E-state index in [9.17, 15) is 22.4 Å². The molecular weight excluding hydrogens is 319 g/mol. The Hall–Kier alpha value is -2.20. The molecule has 0 unspecified atom stereocenters. The van der Waals surface area contributed by atoms with Gasteiger partial charge < -0.3 is 9.52 Å². The Morgan fingerprint density at radius 1 is 1.45 bits per heavy atom. The number of aromatic nitrogens is 1. The largest absolute Gasteiger partial charge is 0.480 e. The third-order valence-corrected chi connectivity index (χ3v) is 5.47. The van der Waals surface area contributed by atoms with Gasteiger partial charge in [-0.05, 0) is 12.8 Å². The van der Waals surface area contributed by atoms with Crippen LogP contribution in [0, 0.1) is 5.82 Å². The van der Waals surface area contributed by atoms with Crippen molar-refractivity contribution in [2.24, 2.45) is 0 Å². The van der Waals surface area contributed by atoms with Crippen LogP contribution in [0.15, 0.2) is 26.2 Å². The number of halogens is 1. The summed E-state index contributed by atoms with van der Waals surface area (Å²) in [4.78, 5) is 23.7. The molecule has 1 aromatic heterocycles. The number of carboxylic acids is 1. The Labute approximate surface area is 123 Å². The predicted molar refractivity (Wildman–Crippen MR) is 71.3 cm³/mol. The number of fused-ring (bicyclic) bond motifs is 1. The number of aliphatic carboxylic acids is 1. The van der Waals surface area contributed by atoms with Crippen molar-refractivity contribution in [2.75, 3.05) is 6.54 Å². The van der Waals surface area contributed by atoms with Crippen LogP contribution in [0.1, 0.15) is 12.8 Å². The fraction of sp³-hybridized carbons (Fsp3) is 0.333. The predicted octanol–water partition coefficient (Wildman–Crippen LogP) is 0.498. The monoisotopic (exact) mass is 330 g/mol. The maximum Gasteiger partial charge on any atom is 0.417 e. The summed E-state index contributed by atoms with van der Waals surface area (Å²) in [6.45, 7) is -0.00609. The van der Waals surface area contributed by atoms with Gasteiger partial charge in [0, 0.05) is 18.7 Å². The van der Waals surface area contributed by atoms with E-state index in [1.807, 2.05) is 0 Å². The molecule has 22 heavy (non-hydrogen) atoms. The highest BCUT2D eigenvalue weighted by molar-refractivity contribution is 7.89. The van der Waals surface area contributed by atoms with E-state index in [0.717, 1.165) is 16.4 Å². The highest BCUT2D eigenvalue weighted by Gasteiger charge is 2.40. The second-order valence-corrected chi connectivity index (χ2v) is 6.76. The molecule has 2 N–H and O–H groups in total. The SMILES string of the molecule is O=C(O)[C@H]1CCCN1S(=O)(=O)c1cc2oc(=O)[nH]c2cc1F. The quantitative estimate of drug-likeness (QED) is 0.845. The average molecular weight is 330 g/mol. The number of rotatable bonds is 3. The Morgan fingerprint density at radius 2 is 2.18 bits per heavy atom. The molecule has 1 fully saturated rings. The number of nitrogens with zero attached hydrogens (tertiary/aromatic N) is 1. The molecule has 10 heteroatoms.